The van der Waals surface area contributed by atoms with E-state index in [9.17, 15) is 101 Å². The Morgan fingerprint density at radius 2 is 0.691 bits per heavy atom. The molecule has 2 rings (SSSR count). The molecule has 1 saturated heterocycles. The zero-order chi connectivity index (χ0) is 113. The van der Waals surface area contributed by atoms with Gasteiger partial charge in [-0.25, -0.2) is 0 Å². The number of hydrogen-bond donors (Lipinski definition) is 31. The summed E-state index contributed by atoms with van der Waals surface area (Å²) in [4.78, 5) is 281. The summed E-state index contributed by atoms with van der Waals surface area (Å²) in [5, 5.41) is 87.9. The zero-order valence-electron chi connectivity index (χ0n) is 89.4. The molecule has 20 amide bonds. The summed E-state index contributed by atoms with van der Waals surface area (Å²) in [6.07, 6.45) is 2.09. The fourth-order valence-electron chi connectivity index (χ4n) is 15.9. The summed E-state index contributed by atoms with van der Waals surface area (Å²) in [6.45, 7) is 25.4. The molecule has 0 bridgehead atoms. The second kappa shape index (κ2) is 68.8. The van der Waals surface area contributed by atoms with Crippen LogP contribution in [-0.4, -0.2) is 308 Å². The Morgan fingerprint density at radius 1 is 0.356 bits per heavy atom. The van der Waals surface area contributed by atoms with Crippen molar-refractivity contribution in [2.45, 2.75) is 324 Å². The second-order valence-electron chi connectivity index (χ2n) is 39.9. The first kappa shape index (κ1) is 131. The van der Waals surface area contributed by atoms with Crippen LogP contribution in [0.25, 0.3) is 0 Å². The van der Waals surface area contributed by atoms with Crippen LogP contribution >= 0.6 is 0 Å². The first-order valence-electron chi connectivity index (χ1n) is 51.3. The first-order chi connectivity index (χ1) is 70.0. The summed E-state index contributed by atoms with van der Waals surface area (Å²) >= 11 is 0. The van der Waals surface area contributed by atoms with E-state index in [-0.39, 0.29) is 139 Å². The average molecular weight is 2110 g/mol. The van der Waals surface area contributed by atoms with Crippen molar-refractivity contribution >= 4 is 136 Å². The van der Waals surface area contributed by atoms with Gasteiger partial charge in [0.15, 0.2) is 17.9 Å². The molecule has 1 aromatic carbocycles. The number of nitrogens with one attached hydrogen (secondary N) is 24. The molecule has 52 nitrogen and oxygen atoms in total. The van der Waals surface area contributed by atoms with Gasteiger partial charge in [-0.1, -0.05) is 154 Å². The van der Waals surface area contributed by atoms with Gasteiger partial charge in [0, 0.05) is 32.6 Å². The molecule has 0 saturated carbocycles. The van der Waals surface area contributed by atoms with E-state index in [0.29, 0.717) is 37.8 Å². The highest BCUT2D eigenvalue weighted by Crippen LogP contribution is 2.24. The van der Waals surface area contributed by atoms with Crippen LogP contribution in [0.2, 0.25) is 0 Å². The molecule has 1 aliphatic rings. The summed E-state index contributed by atoms with van der Waals surface area (Å²) in [7, 11) is 0. The molecule has 149 heavy (non-hydrogen) atoms. The summed E-state index contributed by atoms with van der Waals surface area (Å²) in [5.41, 5.74) is 34.0. The Morgan fingerprint density at radius 3 is 1.11 bits per heavy atom. The molecule has 18 atom stereocenters. The molecule has 0 radical (unpaired) electrons. The molecule has 0 aliphatic carbocycles. The Hall–Kier alpha value is -13.7. The van der Waals surface area contributed by atoms with Gasteiger partial charge in [-0.15, -0.1) is 0 Å². The predicted molar refractivity (Wildman–Crippen MR) is 556 cm³/mol. The minimum atomic E-state index is -1.66. The van der Waals surface area contributed by atoms with E-state index < -0.39 is 283 Å². The number of aliphatic hydroxyl groups is 1. The van der Waals surface area contributed by atoms with Gasteiger partial charge < -0.3 is 156 Å². The molecular formula is C97H171N31O21. The Balaban J connectivity index is 2.44. The number of nitrogens with two attached hydrogens (primary N) is 6. The number of nitrogens with zero attached hydrogens (tertiary/aromatic N) is 1. The lowest BCUT2D eigenvalue weighted by molar-refractivity contribution is -0.144. The van der Waals surface area contributed by atoms with Crippen LogP contribution in [0.5, 0.6) is 0 Å². The van der Waals surface area contributed by atoms with E-state index in [1.54, 1.807) is 141 Å². The Bertz CT molecular complexity index is 4600. The topological polar surface area (TPSA) is 845 Å². The van der Waals surface area contributed by atoms with Crippen LogP contribution < -0.4 is 146 Å². The van der Waals surface area contributed by atoms with Crippen molar-refractivity contribution in [1.82, 2.24) is 117 Å². The van der Waals surface area contributed by atoms with E-state index in [0.717, 1.165) is 0 Å². The molecular weight excluding hydrogens is 1940 g/mol. The number of likely N-dealkylation sites (tertiary alicyclic amines) is 1. The van der Waals surface area contributed by atoms with Gasteiger partial charge in [0.1, 0.15) is 96.7 Å². The highest BCUT2D eigenvalue weighted by atomic mass is 16.3. The fraction of sp³-hybridized carbons (Fsp3) is 0.701. The smallest absolute Gasteiger partial charge is 0.246 e. The quantitative estimate of drug-likeness (QED) is 0.0164. The van der Waals surface area contributed by atoms with Gasteiger partial charge in [-0.05, 0) is 156 Å². The van der Waals surface area contributed by atoms with Crippen LogP contribution in [0.4, 0.5) is 0 Å². The number of carbonyl (C=O) groups is 20. The lowest BCUT2D eigenvalue weighted by Crippen LogP contribution is -2.61. The van der Waals surface area contributed by atoms with Crippen molar-refractivity contribution in [2.24, 2.45) is 81.7 Å². The van der Waals surface area contributed by atoms with Gasteiger partial charge in [0.05, 0.1) is 32.8 Å². The number of aliphatic hydroxyl groups excluding tert-OH is 1. The highest BCUT2D eigenvalue weighted by molar-refractivity contribution is 6.02. The number of benzene rings is 1. The molecule has 37 N–H and O–H groups in total. The first-order valence-corrected chi connectivity index (χ1v) is 51.3. The van der Waals surface area contributed by atoms with Crippen molar-refractivity contribution in [3.8, 4) is 0 Å². The van der Waals surface area contributed by atoms with Gasteiger partial charge >= 0.3 is 0 Å². The predicted octanol–water partition coefficient (Wildman–Crippen LogP) is -6.59. The van der Waals surface area contributed by atoms with Gasteiger partial charge in [0.2, 0.25) is 118 Å². The molecule has 1 aliphatic heterocycles. The van der Waals surface area contributed by atoms with Crippen LogP contribution in [-0.2, 0) is 102 Å². The van der Waals surface area contributed by atoms with Crippen molar-refractivity contribution < 1.29 is 101 Å². The number of rotatable bonds is 70. The number of hydrogen-bond acceptors (Lipinski definition) is 26. The number of guanidine groups is 3. The summed E-state index contributed by atoms with van der Waals surface area (Å²) < 4.78 is 0. The summed E-state index contributed by atoms with van der Waals surface area (Å²) in [6, 6.07) is -13.1. The molecule has 1 aromatic rings. The number of carbonyl (C=O) groups excluding carboxylic acids is 20. The maximum absolute atomic E-state index is 14.8. The van der Waals surface area contributed by atoms with E-state index in [2.05, 4.69) is 112 Å². The number of primary amides is 1. The van der Waals surface area contributed by atoms with E-state index >= 15 is 0 Å². The van der Waals surface area contributed by atoms with Crippen LogP contribution in [0.15, 0.2) is 30.3 Å². The molecule has 1 fully saturated rings. The largest absolute Gasteiger partial charge is 0.394 e. The second-order valence-corrected chi connectivity index (χ2v) is 39.9. The maximum Gasteiger partial charge on any atom is 0.246 e. The van der Waals surface area contributed by atoms with Crippen LogP contribution in [0, 0.1) is 63.6 Å². The lowest BCUT2D eigenvalue weighted by Gasteiger charge is -2.33. The standard InChI is InChI=1S/C97H171N31O21/c1-18-56(15)77(93(148)121-65(42-51(5)6)82(137)111-46-72(132)115-61(33-26-38-108-96(103)104)85(140)124-76(55(13)14)92(147)127-78(57(16)19-2)94(149)128-40-28-35-69(128)90(145)119-62(31-23-24-36-98)86(141)123-74(53(9)10)79(100)134)126-87(142)63(34-27-39-109-97(105)106)118-80(135)58(17)113-88(143)66(43-52(7)8)120-84(139)60(32-25-37-107-95(101)102)114-71(131)47-112-83(138)67(44-59-29-21-20-22-30-59)122-91(146)75(54(11)12)125-89(144)68(49-129)117-73(133)48-110-81(136)64(41-50(3)4)116-70(130)45-99/h20-22,29-30,50-58,60-69,74-78,129H,18-19,23-28,31-49,98-99H2,1-17H3,(H2,100,134)(H,110,136)(H,111,137)(H,112,138)(H,113,143)(H,114,131)(H,115,132)(H,116,130)(H,117,133)(H,118,135)(H,119,145)(H,120,139)(H,121,148)(H,122,146)(H,123,141)(H,124,140)(H,125,144)(H,126,142)(H,127,147)(H4,101,102,107)(H4,103,104,108)(H4,105,106,109)/t56-,57-,58-,60-,61-,62-,63-,64-,65-,66-,67-,68-,69-,74-,75-,76-,77-,78-/m0/s1. The normalized spacial score (nSPS) is 15.7. The minimum Gasteiger partial charge on any atom is -0.394 e. The third-order valence-corrected chi connectivity index (χ3v) is 24.6. The Kier molecular flexibility index (Phi) is 60.6. The molecule has 0 spiro atoms. The number of amides is 20. The van der Waals surface area contributed by atoms with E-state index in [1.165, 1.54) is 11.8 Å². The maximum atomic E-state index is 14.8. The SMILES string of the molecule is CC[C@H](C)[C@H](NC(=O)[C@H](CCCNC(=N)N)NC(=O)[C@H](C)NC(=O)[C@H](CC(C)C)NC(=O)[C@H](CCCNC(=N)N)NC(=O)CNC(=O)[C@H](Cc1ccccc1)NC(=O)[C@@H](NC(=O)[C@H](CO)NC(=O)CNC(=O)[C@H](CC(C)C)NC(=O)CN)C(C)C)C(=O)N[C@@H](CC(C)C)C(=O)NCC(=O)N[C@@H](CCCNC(=N)N)C(=O)N[C@H](C(=O)N[C@H](C(=O)N1CCC[C@H]1C(=O)N[C@@H](CCCCN)C(=O)N[C@H](C(N)=O)C(C)C)[C@@H](C)CC)C(C)C. The molecule has 840 valence electrons. The van der Waals surface area contributed by atoms with Gasteiger partial charge in [-0.2, -0.15) is 0 Å². The third kappa shape index (κ3) is 49.8. The lowest BCUT2D eigenvalue weighted by atomic mass is 9.95. The average Bonchev–Trinajstić information content (AvgIpc) is 1.69. The Labute approximate surface area is 872 Å². The molecule has 0 unspecified atom stereocenters. The fourth-order valence-corrected chi connectivity index (χ4v) is 15.9. The molecule has 1 heterocycles. The van der Waals surface area contributed by atoms with Gasteiger partial charge in [-0.3, -0.25) is 112 Å². The van der Waals surface area contributed by atoms with Crippen LogP contribution in [0.1, 0.15) is 226 Å². The van der Waals surface area contributed by atoms with Gasteiger partial charge in [0.25, 0.3) is 0 Å². The summed E-state index contributed by atoms with van der Waals surface area (Å²) in [5.74, 6) is -21.5. The number of unbranched alkanes of at least 4 members (excludes halogenated alkanes) is 1. The van der Waals surface area contributed by atoms with Crippen molar-refractivity contribution in [2.75, 3.05) is 65.5 Å². The van der Waals surface area contributed by atoms with Crippen molar-refractivity contribution in [3.05, 3.63) is 35.9 Å². The third-order valence-electron chi connectivity index (χ3n) is 24.6. The monoisotopic (exact) mass is 2110 g/mol. The molecule has 52 heteroatoms. The van der Waals surface area contributed by atoms with Crippen molar-refractivity contribution in [3.63, 3.8) is 0 Å². The van der Waals surface area contributed by atoms with E-state index in [1.807, 2.05) is 0 Å². The highest BCUT2D eigenvalue weighted by Gasteiger charge is 2.44. The minimum absolute atomic E-state index is 0.0159. The van der Waals surface area contributed by atoms with Crippen LogP contribution in [0.3, 0.4) is 0 Å². The van der Waals surface area contributed by atoms with E-state index in [4.69, 9.17) is 50.6 Å². The molecule has 0 aromatic heterocycles. The zero-order valence-corrected chi connectivity index (χ0v) is 89.4. The van der Waals surface area contributed by atoms with Crippen molar-refractivity contribution in [1.29, 1.82) is 16.2 Å².